The first-order chi connectivity index (χ1) is 9.83. The van der Waals surface area contributed by atoms with Gasteiger partial charge in [0.2, 0.25) is 5.91 Å². The Morgan fingerprint density at radius 2 is 2.24 bits per heavy atom. The molecule has 0 saturated carbocycles. The maximum Gasteiger partial charge on any atom is 0.237 e. The molecule has 114 valence electrons. The van der Waals surface area contributed by atoms with Crippen LogP contribution in [0.15, 0.2) is 24.3 Å². The van der Waals surface area contributed by atoms with E-state index < -0.39 is 0 Å². The molecule has 1 aliphatic rings. The molecule has 7 heteroatoms. The highest BCUT2D eigenvalue weighted by Crippen LogP contribution is 2.24. The topological polar surface area (TPSA) is 66.0 Å². The summed E-state index contributed by atoms with van der Waals surface area (Å²) in [5, 5.41) is 10.3. The van der Waals surface area contributed by atoms with Gasteiger partial charge >= 0.3 is 0 Å². The molecule has 0 radical (unpaired) electrons. The van der Waals surface area contributed by atoms with Crippen LogP contribution in [0, 0.1) is 0 Å². The Labute approximate surface area is 133 Å². The second kappa shape index (κ2) is 7.59. The summed E-state index contributed by atoms with van der Waals surface area (Å²) in [6.45, 7) is 2.26. The number of anilines is 1. The summed E-state index contributed by atoms with van der Waals surface area (Å²) in [6, 6.07) is 8.06. The normalized spacial score (nSPS) is 17.4. The summed E-state index contributed by atoms with van der Waals surface area (Å²) in [5.41, 5.74) is 1.01. The average molecular weight is 327 g/mol. The van der Waals surface area contributed by atoms with Gasteiger partial charge in [0.25, 0.3) is 0 Å². The number of nitrogens with zero attached hydrogens (tertiary/aromatic N) is 1. The van der Waals surface area contributed by atoms with Gasteiger partial charge in [-0.15, -0.1) is 12.4 Å². The number of nitrogens with one attached hydrogen (secondary N) is 3. The van der Waals surface area contributed by atoms with Crippen LogP contribution in [0.4, 0.5) is 5.13 Å². The lowest BCUT2D eigenvalue weighted by Crippen LogP contribution is -2.42. The zero-order chi connectivity index (χ0) is 13.8. The van der Waals surface area contributed by atoms with Crippen molar-refractivity contribution >= 4 is 45.0 Å². The van der Waals surface area contributed by atoms with Gasteiger partial charge in [0.15, 0.2) is 5.13 Å². The quantitative estimate of drug-likeness (QED) is 0.735. The van der Waals surface area contributed by atoms with Crippen molar-refractivity contribution in [3.63, 3.8) is 0 Å². The number of halogens is 1. The molecule has 1 unspecified atom stereocenters. The SMILES string of the molecule is Cl.O=C(NCCNc1nc2ccccc2s1)C1CCCN1. The second-order valence-corrected chi connectivity index (χ2v) is 5.88. The molecule has 1 aromatic heterocycles. The zero-order valence-corrected chi connectivity index (χ0v) is 13.2. The molecule has 1 atom stereocenters. The van der Waals surface area contributed by atoms with Gasteiger partial charge in [0.1, 0.15) is 0 Å². The van der Waals surface area contributed by atoms with Crippen LogP contribution >= 0.6 is 23.7 Å². The van der Waals surface area contributed by atoms with E-state index in [9.17, 15) is 4.79 Å². The van der Waals surface area contributed by atoms with E-state index in [2.05, 4.69) is 27.0 Å². The molecule has 1 aromatic carbocycles. The van der Waals surface area contributed by atoms with E-state index in [0.717, 1.165) is 30.0 Å². The number of thiazole rings is 1. The fraction of sp³-hybridized carbons (Fsp3) is 0.429. The third-order valence-electron chi connectivity index (χ3n) is 3.37. The highest BCUT2D eigenvalue weighted by molar-refractivity contribution is 7.22. The van der Waals surface area contributed by atoms with Gasteiger partial charge in [-0.2, -0.15) is 0 Å². The molecule has 1 saturated heterocycles. The molecule has 1 amide bonds. The van der Waals surface area contributed by atoms with Gasteiger partial charge in [-0.3, -0.25) is 4.79 Å². The first kappa shape index (κ1) is 16.0. The number of amides is 1. The molecule has 1 fully saturated rings. The van der Waals surface area contributed by atoms with Crippen molar-refractivity contribution in [2.45, 2.75) is 18.9 Å². The van der Waals surface area contributed by atoms with Crippen molar-refractivity contribution in [1.29, 1.82) is 0 Å². The minimum Gasteiger partial charge on any atom is -0.360 e. The largest absolute Gasteiger partial charge is 0.360 e. The Balaban J connectivity index is 0.00000161. The molecule has 2 heterocycles. The Morgan fingerprint density at radius 3 is 3.00 bits per heavy atom. The third kappa shape index (κ3) is 4.06. The summed E-state index contributed by atoms with van der Waals surface area (Å²) >= 11 is 1.63. The number of carbonyl (C=O) groups excluding carboxylic acids is 1. The predicted octanol–water partition coefficient (Wildman–Crippen LogP) is 2.00. The van der Waals surface area contributed by atoms with E-state index in [1.54, 1.807) is 11.3 Å². The summed E-state index contributed by atoms with van der Waals surface area (Å²) in [5.74, 6) is 0.105. The van der Waals surface area contributed by atoms with Crippen LogP contribution in [0.1, 0.15) is 12.8 Å². The van der Waals surface area contributed by atoms with Gasteiger partial charge < -0.3 is 16.0 Å². The standard InChI is InChI=1S/C14H18N4OS.ClH/c19-13(11-5-3-7-15-11)16-8-9-17-14-18-10-4-1-2-6-12(10)20-14;/h1-2,4,6,11,15H,3,5,7-9H2,(H,16,19)(H,17,18);1H. The molecule has 0 spiro atoms. The van der Waals surface area contributed by atoms with Crippen LogP contribution in [0.25, 0.3) is 10.2 Å². The van der Waals surface area contributed by atoms with Crippen LogP contribution in [-0.4, -0.2) is 36.6 Å². The molecular weight excluding hydrogens is 308 g/mol. The van der Waals surface area contributed by atoms with Crippen molar-refractivity contribution in [3.05, 3.63) is 24.3 Å². The van der Waals surface area contributed by atoms with Crippen LogP contribution in [0.5, 0.6) is 0 Å². The van der Waals surface area contributed by atoms with E-state index in [-0.39, 0.29) is 24.4 Å². The fourth-order valence-electron chi connectivity index (χ4n) is 2.33. The highest BCUT2D eigenvalue weighted by Gasteiger charge is 2.21. The molecule has 21 heavy (non-hydrogen) atoms. The van der Waals surface area contributed by atoms with Crippen LogP contribution < -0.4 is 16.0 Å². The van der Waals surface area contributed by atoms with Crippen molar-refractivity contribution in [2.75, 3.05) is 25.0 Å². The number of rotatable bonds is 5. The number of para-hydroxylation sites is 1. The van der Waals surface area contributed by atoms with Crippen molar-refractivity contribution < 1.29 is 4.79 Å². The van der Waals surface area contributed by atoms with Crippen molar-refractivity contribution in [2.24, 2.45) is 0 Å². The number of hydrogen-bond acceptors (Lipinski definition) is 5. The summed E-state index contributed by atoms with van der Waals surface area (Å²) in [6.07, 6.45) is 2.03. The van der Waals surface area contributed by atoms with Crippen LogP contribution in [-0.2, 0) is 4.79 Å². The lowest BCUT2D eigenvalue weighted by Gasteiger charge is -2.10. The predicted molar refractivity (Wildman–Crippen MR) is 89.4 cm³/mol. The molecule has 1 aliphatic heterocycles. The number of benzene rings is 1. The Kier molecular flexibility index (Phi) is 5.78. The summed E-state index contributed by atoms with van der Waals surface area (Å²) in [4.78, 5) is 16.3. The summed E-state index contributed by atoms with van der Waals surface area (Å²) in [7, 11) is 0. The smallest absolute Gasteiger partial charge is 0.237 e. The Hall–Kier alpha value is -1.37. The van der Waals surface area contributed by atoms with Gasteiger partial charge in [0, 0.05) is 13.1 Å². The fourth-order valence-corrected chi connectivity index (χ4v) is 3.23. The van der Waals surface area contributed by atoms with E-state index in [0.29, 0.717) is 13.1 Å². The van der Waals surface area contributed by atoms with Crippen LogP contribution in [0.2, 0.25) is 0 Å². The molecule has 5 nitrogen and oxygen atoms in total. The first-order valence-corrected chi connectivity index (χ1v) is 7.75. The van der Waals surface area contributed by atoms with Crippen LogP contribution in [0.3, 0.4) is 0 Å². The number of fused-ring (bicyclic) bond motifs is 1. The van der Waals surface area contributed by atoms with E-state index in [1.165, 1.54) is 4.70 Å². The second-order valence-electron chi connectivity index (χ2n) is 4.85. The van der Waals surface area contributed by atoms with Gasteiger partial charge in [-0.05, 0) is 31.5 Å². The van der Waals surface area contributed by atoms with Gasteiger partial charge in [-0.1, -0.05) is 23.5 Å². The molecule has 0 aliphatic carbocycles. The molecule has 2 aromatic rings. The van der Waals surface area contributed by atoms with E-state index in [4.69, 9.17) is 0 Å². The molecular formula is C14H19ClN4OS. The molecule has 3 N–H and O–H groups in total. The van der Waals surface area contributed by atoms with Gasteiger partial charge in [-0.25, -0.2) is 4.98 Å². The monoisotopic (exact) mass is 326 g/mol. The van der Waals surface area contributed by atoms with E-state index >= 15 is 0 Å². The number of aromatic nitrogens is 1. The lowest BCUT2D eigenvalue weighted by molar-refractivity contribution is -0.122. The third-order valence-corrected chi connectivity index (χ3v) is 4.37. The summed E-state index contributed by atoms with van der Waals surface area (Å²) < 4.78 is 1.18. The van der Waals surface area contributed by atoms with Crippen molar-refractivity contribution in [1.82, 2.24) is 15.6 Å². The Bertz CT molecular complexity index is 564. The molecule has 3 rings (SSSR count). The van der Waals surface area contributed by atoms with E-state index in [1.807, 2.05) is 18.2 Å². The minimum absolute atomic E-state index is 0. The highest BCUT2D eigenvalue weighted by atomic mass is 35.5. The lowest BCUT2D eigenvalue weighted by atomic mass is 10.2. The maximum atomic E-state index is 11.8. The average Bonchev–Trinajstić information content (AvgIpc) is 3.11. The molecule has 0 bridgehead atoms. The zero-order valence-electron chi connectivity index (χ0n) is 11.6. The number of hydrogen-bond donors (Lipinski definition) is 3. The number of carbonyl (C=O) groups is 1. The first-order valence-electron chi connectivity index (χ1n) is 6.93. The van der Waals surface area contributed by atoms with Crippen molar-refractivity contribution in [3.8, 4) is 0 Å². The Morgan fingerprint density at radius 1 is 1.38 bits per heavy atom. The maximum absolute atomic E-state index is 11.8. The van der Waals surface area contributed by atoms with Gasteiger partial charge in [0.05, 0.1) is 16.3 Å². The minimum atomic E-state index is -0.00236.